The zero-order chi connectivity index (χ0) is 55.6. The lowest BCUT2D eigenvalue weighted by Crippen LogP contribution is -3.00. The molecule has 0 heterocycles. The Bertz CT molecular complexity index is 1550. The van der Waals surface area contributed by atoms with Gasteiger partial charge in [-0.15, -0.1) is 0 Å². The van der Waals surface area contributed by atoms with Crippen LogP contribution in [0.1, 0.15) is 234 Å². The van der Waals surface area contributed by atoms with Crippen LogP contribution in [-0.2, 0) is 0 Å². The minimum atomic E-state index is 0. The van der Waals surface area contributed by atoms with E-state index in [2.05, 4.69) is 132 Å². The summed E-state index contributed by atoms with van der Waals surface area (Å²) in [5.41, 5.74) is 0. The lowest BCUT2D eigenvalue weighted by Gasteiger charge is -2.35. The van der Waals surface area contributed by atoms with Crippen LogP contribution in [0.25, 0.3) is 0 Å². The average molecular weight is 1480 g/mol. The summed E-state index contributed by atoms with van der Waals surface area (Å²) >= 11 is 10.4. The third kappa shape index (κ3) is 43.5. The number of hydrogen-bond donors (Lipinski definition) is 0. The molecule has 0 radical (unpaired) electrons. The van der Waals surface area contributed by atoms with E-state index < -0.39 is 0 Å². The van der Waals surface area contributed by atoms with E-state index >= 15 is 0 Å². The van der Waals surface area contributed by atoms with E-state index in [0.717, 1.165) is 44.1 Å². The van der Waals surface area contributed by atoms with Crippen molar-refractivity contribution in [1.29, 1.82) is 0 Å². The van der Waals surface area contributed by atoms with Gasteiger partial charge in [-0.2, -0.15) is 0 Å². The van der Waals surface area contributed by atoms with Gasteiger partial charge in [0.2, 0.25) is 18.7 Å². The Kier molecular flexibility index (Phi) is 53.9. The monoisotopic (exact) mass is 1470 g/mol. The van der Waals surface area contributed by atoms with Gasteiger partial charge in [0.15, 0.2) is 0 Å². The maximum absolute atomic E-state index is 6.13. The number of hydrogen-bond acceptors (Lipinski definition) is 3. The molecule has 0 fully saturated rings. The molecule has 3 aromatic rings. The lowest BCUT2D eigenvalue weighted by molar-refractivity contribution is -0.931. The van der Waals surface area contributed by atoms with Gasteiger partial charge in [0, 0.05) is 34.2 Å². The molecule has 0 aliphatic rings. The fourth-order valence-electron chi connectivity index (χ4n) is 9.12. The van der Waals surface area contributed by atoms with Crippen LogP contribution in [0.15, 0.2) is 86.2 Å². The molecule has 3 atom stereocenters. The molecule has 0 aliphatic carbocycles. The van der Waals surface area contributed by atoms with Crippen molar-refractivity contribution in [1.82, 2.24) is 0 Å². The first-order valence-corrected chi connectivity index (χ1v) is 33.0. The van der Waals surface area contributed by atoms with Gasteiger partial charge in [0.05, 0.1) is 61.9 Å². The van der Waals surface area contributed by atoms with Gasteiger partial charge in [-0.25, -0.2) is 0 Å². The maximum atomic E-state index is 6.13. The highest BCUT2D eigenvalue weighted by Crippen LogP contribution is 2.24. The topological polar surface area (TPSA) is 27.7 Å². The molecule has 3 aromatic carbocycles. The molecule has 456 valence electrons. The summed E-state index contributed by atoms with van der Waals surface area (Å²) in [5.74, 6) is 2.85. The van der Waals surface area contributed by atoms with Crippen molar-refractivity contribution in [2.75, 3.05) is 61.9 Å². The quantitative estimate of drug-likeness (QED) is 0.0321. The summed E-state index contributed by atoms with van der Waals surface area (Å²) in [5, 5.41) is 0. The second kappa shape index (κ2) is 51.3. The van der Waals surface area contributed by atoms with Crippen LogP contribution < -0.4 is 65.2 Å². The van der Waals surface area contributed by atoms with E-state index in [1.54, 1.807) is 0 Å². The van der Waals surface area contributed by atoms with Crippen molar-refractivity contribution < 1.29 is 78.6 Å². The molecule has 3 rings (SSSR count). The first-order valence-electron chi connectivity index (χ1n) is 30.6. The molecular weight excluding hydrogens is 1360 g/mol. The highest BCUT2D eigenvalue weighted by atomic mass is 79.9. The van der Waals surface area contributed by atoms with E-state index in [-0.39, 0.29) is 69.6 Å². The van der Waals surface area contributed by atoms with Crippen molar-refractivity contribution in [2.45, 2.75) is 253 Å². The number of benzene rings is 3. The van der Waals surface area contributed by atoms with Crippen LogP contribution in [0.4, 0.5) is 0 Å². The predicted molar refractivity (Wildman–Crippen MR) is 339 cm³/mol. The van der Waals surface area contributed by atoms with Crippen molar-refractivity contribution in [3.8, 4) is 17.2 Å². The number of rotatable bonds is 42. The molecule has 0 N–H and O–H groups in total. The van der Waals surface area contributed by atoms with Crippen LogP contribution >= 0.6 is 47.8 Å². The Morgan fingerprint density at radius 3 is 0.603 bits per heavy atom. The van der Waals surface area contributed by atoms with Gasteiger partial charge in [0.25, 0.3) is 0 Å². The Hall–Kier alpha value is -0.180. The molecule has 0 bridgehead atoms. The van der Waals surface area contributed by atoms with Crippen molar-refractivity contribution >= 4 is 47.8 Å². The zero-order valence-electron chi connectivity index (χ0n) is 51.8. The molecular formula is C66H117Br6N3O3. The molecule has 6 nitrogen and oxygen atoms in total. The van der Waals surface area contributed by atoms with E-state index in [1.165, 1.54) is 212 Å². The minimum Gasteiger partial charge on any atom is -1.00 e. The fourth-order valence-corrected chi connectivity index (χ4v) is 9.92. The Morgan fingerprint density at radius 1 is 0.282 bits per heavy atom. The summed E-state index contributed by atoms with van der Waals surface area (Å²) in [6, 6.07) is 24.4. The smallest absolute Gasteiger partial charge is 0.230 e. The lowest BCUT2D eigenvalue weighted by atomic mass is 10.1. The van der Waals surface area contributed by atoms with Gasteiger partial charge >= 0.3 is 0 Å². The molecule has 0 aromatic heterocycles. The third-order valence-corrected chi connectivity index (χ3v) is 17.2. The SMILES string of the molecule is CCCCCCCCCCCC[N+](C)(C)C(C)Oc1ccc(Br)cc1.CCCCCCCCCCCC[N+](C)(C)C(C)Oc1ccc(Br)cc1.CCCCCCCCCCCC[N+](C)(C)C(C)Oc1ccc(Br)cc1.[Br-].[Br-].[Br-]. The molecule has 3 unspecified atom stereocenters. The van der Waals surface area contributed by atoms with Gasteiger partial charge in [-0.05, 0) is 111 Å². The van der Waals surface area contributed by atoms with Gasteiger partial charge < -0.3 is 65.2 Å². The van der Waals surface area contributed by atoms with Crippen LogP contribution in [0.3, 0.4) is 0 Å². The Labute approximate surface area is 539 Å². The fraction of sp³-hybridized carbons (Fsp3) is 0.727. The van der Waals surface area contributed by atoms with Crippen LogP contribution in [0.5, 0.6) is 17.2 Å². The van der Waals surface area contributed by atoms with E-state index in [4.69, 9.17) is 14.2 Å². The first-order chi connectivity index (χ1) is 35.9. The predicted octanol–water partition coefficient (Wildman–Crippen LogP) is 12.5. The number of halogens is 6. The standard InChI is InChI=1S/3C22H39BrNO.3BrH/c3*1-5-6-7-8-9-10-11-12-13-14-19-24(3,4)20(2)25-22-17-15-21(23)16-18-22;;;/h3*15-18,20H,5-14,19H2,1-4H3;3*1H/q3*+1;;;/p-3. The molecule has 78 heavy (non-hydrogen) atoms. The average Bonchev–Trinajstić information content (AvgIpc) is 3.38. The number of quaternary nitrogens is 3. The summed E-state index contributed by atoms with van der Waals surface area (Å²) in [7, 11) is 13.7. The summed E-state index contributed by atoms with van der Waals surface area (Å²) < 4.78 is 24.4. The number of ether oxygens (including phenoxy) is 3. The molecule has 12 heteroatoms. The molecule has 0 amide bonds. The second-order valence-corrected chi connectivity index (χ2v) is 26.3. The normalized spacial score (nSPS) is 12.5. The first kappa shape index (κ1) is 82.0. The van der Waals surface area contributed by atoms with E-state index in [1.807, 2.05) is 72.8 Å². The van der Waals surface area contributed by atoms with Crippen molar-refractivity contribution in [2.24, 2.45) is 0 Å². The van der Waals surface area contributed by atoms with Crippen LogP contribution in [-0.4, -0.2) is 94.1 Å². The Balaban J connectivity index is -0.00000106. The zero-order valence-corrected chi connectivity index (χ0v) is 61.3. The molecule has 0 saturated heterocycles. The Morgan fingerprint density at radius 2 is 0.436 bits per heavy atom. The molecule has 0 spiro atoms. The minimum absolute atomic E-state index is 0. The van der Waals surface area contributed by atoms with Crippen LogP contribution in [0, 0.1) is 0 Å². The maximum Gasteiger partial charge on any atom is 0.230 e. The van der Waals surface area contributed by atoms with Gasteiger partial charge in [0.1, 0.15) is 17.2 Å². The van der Waals surface area contributed by atoms with Crippen LogP contribution in [0.2, 0.25) is 0 Å². The van der Waals surface area contributed by atoms with Gasteiger partial charge in [-0.1, -0.05) is 223 Å². The van der Waals surface area contributed by atoms with E-state index in [0.29, 0.717) is 0 Å². The molecule has 0 saturated carbocycles. The largest absolute Gasteiger partial charge is 1.00 e. The summed E-state index contributed by atoms with van der Waals surface area (Å²) in [6.07, 6.45) is 42.2. The van der Waals surface area contributed by atoms with E-state index in [9.17, 15) is 0 Å². The van der Waals surface area contributed by atoms with Crippen molar-refractivity contribution in [3.05, 3.63) is 86.2 Å². The highest BCUT2D eigenvalue weighted by Gasteiger charge is 2.27. The summed E-state index contributed by atoms with van der Waals surface area (Å²) in [4.78, 5) is 0. The summed E-state index contributed by atoms with van der Waals surface area (Å²) in [6.45, 7) is 16.9. The highest BCUT2D eigenvalue weighted by molar-refractivity contribution is 9.11. The molecule has 0 aliphatic heterocycles. The second-order valence-electron chi connectivity index (χ2n) is 23.6. The van der Waals surface area contributed by atoms with Crippen molar-refractivity contribution in [3.63, 3.8) is 0 Å². The third-order valence-electron chi connectivity index (χ3n) is 15.6. The number of nitrogens with zero attached hydrogens (tertiary/aromatic N) is 3. The van der Waals surface area contributed by atoms with Gasteiger partial charge in [-0.3, -0.25) is 13.4 Å². The number of unbranched alkanes of at least 4 members (excludes halogenated alkanes) is 27.